The summed E-state index contributed by atoms with van der Waals surface area (Å²) in [6, 6.07) is 9.05. The summed E-state index contributed by atoms with van der Waals surface area (Å²) in [5, 5.41) is 0. The Hall–Kier alpha value is -1.06. The van der Waals surface area contributed by atoms with Crippen molar-refractivity contribution in [2.75, 3.05) is 20.3 Å². The fraction of sp³-hybridized carbons (Fsp3) is 0.829. The van der Waals surface area contributed by atoms with Crippen molar-refractivity contribution in [1.29, 1.82) is 0 Å². The molecular formula is C35H64O3. The second kappa shape index (κ2) is 12.2. The first-order chi connectivity index (χ1) is 18.1. The highest BCUT2D eigenvalue weighted by Gasteiger charge is 2.68. The molecule has 1 spiro atoms. The van der Waals surface area contributed by atoms with E-state index in [4.69, 9.17) is 14.2 Å². The molecule has 0 bridgehead atoms. The zero-order chi connectivity index (χ0) is 28.4. The van der Waals surface area contributed by atoms with Gasteiger partial charge in [-0.3, -0.25) is 0 Å². The topological polar surface area (TPSA) is 27.7 Å². The molecule has 1 heterocycles. The van der Waals surface area contributed by atoms with Crippen LogP contribution in [-0.2, 0) is 9.47 Å². The Morgan fingerprint density at radius 1 is 0.868 bits per heavy atom. The molecule has 7 atom stereocenters. The van der Waals surface area contributed by atoms with Gasteiger partial charge in [-0.2, -0.15) is 0 Å². The van der Waals surface area contributed by atoms with E-state index in [1.54, 1.807) is 7.11 Å². The average molecular weight is 533 g/mol. The molecule has 0 amide bonds. The molecule has 1 aliphatic heterocycles. The third-order valence-electron chi connectivity index (χ3n) is 11.6. The summed E-state index contributed by atoms with van der Waals surface area (Å²) in [4.78, 5) is 0. The highest BCUT2D eigenvalue weighted by molar-refractivity contribution is 5.32. The third-order valence-corrected chi connectivity index (χ3v) is 11.6. The van der Waals surface area contributed by atoms with Crippen LogP contribution in [0.1, 0.15) is 129 Å². The van der Waals surface area contributed by atoms with Crippen LogP contribution in [0.2, 0.25) is 0 Å². The number of ether oxygens (including phenoxy) is 3. The molecule has 1 saturated heterocycles. The van der Waals surface area contributed by atoms with Gasteiger partial charge in [-0.15, -0.1) is 0 Å². The molecule has 3 saturated carbocycles. The normalized spacial score (nSPS) is 38.9. The summed E-state index contributed by atoms with van der Waals surface area (Å²) < 4.78 is 18.5. The zero-order valence-electron chi connectivity index (χ0n) is 26.8. The maximum Gasteiger partial charge on any atom is 0.174 e. The lowest BCUT2D eigenvalue weighted by Gasteiger charge is -2.63. The van der Waals surface area contributed by atoms with Crippen LogP contribution in [0.5, 0.6) is 5.75 Å². The molecule has 0 radical (unpaired) electrons. The monoisotopic (exact) mass is 532 g/mol. The fourth-order valence-electron chi connectivity index (χ4n) is 9.63. The largest absolute Gasteiger partial charge is 0.497 e. The van der Waals surface area contributed by atoms with Crippen LogP contribution in [0.25, 0.3) is 0 Å². The second-order valence-electron chi connectivity index (χ2n) is 13.3. The molecule has 1 aromatic carbocycles. The predicted octanol–water partition coefficient (Wildman–Crippen LogP) is 10.4. The molecule has 4 fully saturated rings. The summed E-state index contributed by atoms with van der Waals surface area (Å²) in [6.45, 7) is 24.8. The molecule has 38 heavy (non-hydrogen) atoms. The standard InChI is InChI=1S/C31H48O3.2C2H6.2H2/c1-8-24-26-14-16-31(33-17-18-34-31)30(26,6)20-25(22-9-11-23(32-7)12-10-22)27(24)29(5)15-13-21(2)19-28(29,3)4;2*1-2;;/h9-12,21,24-27H,8,13-20H2,1-7H3;2*1-2H3;2*1H/t21?,24-,25+,26?,27?,29+,30-;;;;/m0..../s1. The summed E-state index contributed by atoms with van der Waals surface area (Å²) >= 11 is 0. The average Bonchev–Trinajstić information content (AvgIpc) is 3.53. The fourth-order valence-corrected chi connectivity index (χ4v) is 9.63. The van der Waals surface area contributed by atoms with Gasteiger partial charge in [-0.25, -0.2) is 0 Å². The second-order valence-corrected chi connectivity index (χ2v) is 13.3. The van der Waals surface area contributed by atoms with Crippen LogP contribution in [0, 0.1) is 39.9 Å². The highest BCUT2D eigenvalue weighted by atomic mass is 16.7. The number of methoxy groups -OCH3 is 1. The van der Waals surface area contributed by atoms with E-state index in [0.29, 0.717) is 34.5 Å². The molecule has 3 unspecified atom stereocenters. The van der Waals surface area contributed by atoms with Gasteiger partial charge < -0.3 is 14.2 Å². The van der Waals surface area contributed by atoms with Crippen LogP contribution in [0.3, 0.4) is 0 Å². The van der Waals surface area contributed by atoms with Crippen molar-refractivity contribution < 1.29 is 17.1 Å². The van der Waals surface area contributed by atoms with E-state index >= 15 is 0 Å². The molecule has 4 aliphatic rings. The molecule has 3 aliphatic carbocycles. The minimum Gasteiger partial charge on any atom is -0.497 e. The quantitative estimate of drug-likeness (QED) is 0.386. The Morgan fingerprint density at radius 3 is 2.00 bits per heavy atom. The molecule has 0 aromatic heterocycles. The van der Waals surface area contributed by atoms with E-state index in [9.17, 15) is 0 Å². The van der Waals surface area contributed by atoms with Crippen LogP contribution in [0.15, 0.2) is 24.3 Å². The van der Waals surface area contributed by atoms with Crippen LogP contribution in [0.4, 0.5) is 0 Å². The van der Waals surface area contributed by atoms with E-state index in [0.717, 1.165) is 37.7 Å². The summed E-state index contributed by atoms with van der Waals surface area (Å²) in [5.41, 5.74) is 2.20. The lowest BCUT2D eigenvalue weighted by Crippen LogP contribution is -2.58. The van der Waals surface area contributed by atoms with Crippen LogP contribution >= 0.6 is 0 Å². The van der Waals surface area contributed by atoms with Crippen LogP contribution in [-0.4, -0.2) is 26.1 Å². The first kappa shape index (κ1) is 31.5. The number of rotatable bonds is 4. The van der Waals surface area contributed by atoms with Gasteiger partial charge in [0.2, 0.25) is 0 Å². The van der Waals surface area contributed by atoms with E-state index in [1.165, 1.54) is 37.7 Å². The number of hydrogen-bond donors (Lipinski definition) is 0. The summed E-state index contributed by atoms with van der Waals surface area (Å²) in [5.74, 6) is 3.94. The van der Waals surface area contributed by atoms with Crippen molar-refractivity contribution in [3.63, 3.8) is 0 Å². The Morgan fingerprint density at radius 2 is 1.47 bits per heavy atom. The highest BCUT2D eigenvalue weighted by Crippen LogP contribution is 2.72. The van der Waals surface area contributed by atoms with Crippen molar-refractivity contribution in [2.24, 2.45) is 39.9 Å². The van der Waals surface area contributed by atoms with Gasteiger partial charge in [0.15, 0.2) is 5.79 Å². The molecule has 3 nitrogen and oxygen atoms in total. The van der Waals surface area contributed by atoms with Crippen molar-refractivity contribution >= 4 is 0 Å². The van der Waals surface area contributed by atoms with Gasteiger partial charge in [0.25, 0.3) is 0 Å². The van der Waals surface area contributed by atoms with E-state index < -0.39 is 0 Å². The first-order valence-electron chi connectivity index (χ1n) is 16.0. The minimum atomic E-state index is -0.377. The third kappa shape index (κ3) is 4.98. The molecule has 1 aromatic rings. The van der Waals surface area contributed by atoms with E-state index in [-0.39, 0.29) is 14.1 Å². The summed E-state index contributed by atoms with van der Waals surface area (Å²) in [6.07, 6.45) is 8.75. The van der Waals surface area contributed by atoms with Crippen molar-refractivity contribution in [3.8, 4) is 5.75 Å². The first-order valence-corrected chi connectivity index (χ1v) is 16.0. The van der Waals surface area contributed by atoms with Gasteiger partial charge in [-0.05, 0) is 83.8 Å². The zero-order valence-corrected chi connectivity index (χ0v) is 26.8. The van der Waals surface area contributed by atoms with Gasteiger partial charge in [-0.1, -0.05) is 94.2 Å². The summed E-state index contributed by atoms with van der Waals surface area (Å²) in [7, 11) is 1.76. The van der Waals surface area contributed by atoms with Crippen molar-refractivity contribution in [1.82, 2.24) is 0 Å². The maximum atomic E-state index is 6.51. The predicted molar refractivity (Wildman–Crippen MR) is 165 cm³/mol. The Bertz CT molecular complexity index is 881. The smallest absolute Gasteiger partial charge is 0.174 e. The van der Waals surface area contributed by atoms with Gasteiger partial charge in [0, 0.05) is 14.7 Å². The molecule has 222 valence electrons. The van der Waals surface area contributed by atoms with Gasteiger partial charge in [0.1, 0.15) is 5.75 Å². The Kier molecular flexibility index (Phi) is 10.1. The lowest BCUT2D eigenvalue weighted by atomic mass is 9.41. The van der Waals surface area contributed by atoms with Crippen molar-refractivity contribution in [3.05, 3.63) is 29.8 Å². The van der Waals surface area contributed by atoms with Gasteiger partial charge >= 0.3 is 0 Å². The van der Waals surface area contributed by atoms with Gasteiger partial charge in [0.05, 0.1) is 20.3 Å². The molecule has 5 rings (SSSR count). The number of hydrogen-bond acceptors (Lipinski definition) is 3. The Balaban J connectivity index is 0.00000128. The van der Waals surface area contributed by atoms with Crippen molar-refractivity contribution in [2.45, 2.75) is 126 Å². The molecule has 0 N–H and O–H groups in total. The maximum absolute atomic E-state index is 6.51. The Labute approximate surface area is 238 Å². The SMILES string of the molecule is CC.CC.CC[C@H]1C2CCC3(OCCO3)[C@@]2(C)C[C@H](c2ccc(OC)cc2)C1[C@@]1(C)CCC(C)CC1(C)C.[HH].[HH]. The molecular weight excluding hydrogens is 468 g/mol. The minimum absolute atomic E-state index is 0. The number of benzene rings is 1. The molecule has 3 heteroatoms. The van der Waals surface area contributed by atoms with Crippen LogP contribution < -0.4 is 4.74 Å². The van der Waals surface area contributed by atoms with E-state index in [1.807, 2.05) is 27.7 Å². The van der Waals surface area contributed by atoms with E-state index in [2.05, 4.69) is 65.8 Å². The lowest BCUT2D eigenvalue weighted by molar-refractivity contribution is -0.249. The number of fused-ring (bicyclic) bond motifs is 2.